The molecule has 8 heteroatoms. The summed E-state index contributed by atoms with van der Waals surface area (Å²) in [6.45, 7) is 0.801. The number of carbonyl (C=O) groups excluding carboxylic acids is 2. The number of ether oxygens (including phenoxy) is 3. The lowest BCUT2D eigenvalue weighted by atomic mass is 9.77. The molecule has 0 saturated carbocycles. The van der Waals surface area contributed by atoms with E-state index in [1.54, 1.807) is 41.3 Å². The van der Waals surface area contributed by atoms with Gasteiger partial charge in [0, 0.05) is 29.4 Å². The Morgan fingerprint density at radius 1 is 0.846 bits per heavy atom. The van der Waals surface area contributed by atoms with E-state index in [0.717, 1.165) is 22.4 Å². The Kier molecular flexibility index (Phi) is 5.30. The van der Waals surface area contributed by atoms with Gasteiger partial charge in [0.05, 0.1) is 6.54 Å². The molecule has 2 amide bonds. The van der Waals surface area contributed by atoms with Gasteiger partial charge in [-0.3, -0.25) is 9.59 Å². The average molecular weight is 523 g/mol. The summed E-state index contributed by atoms with van der Waals surface area (Å²) in [5, 5.41) is 2.83. The maximum Gasteiger partial charge on any atom is 0.251 e. The first kappa shape index (κ1) is 23.3. The third kappa shape index (κ3) is 3.71. The van der Waals surface area contributed by atoms with Crippen LogP contribution in [0.3, 0.4) is 0 Å². The fourth-order valence-corrected chi connectivity index (χ4v) is 5.65. The number of benzene rings is 4. The monoisotopic (exact) mass is 522 g/mol. The molecule has 3 aliphatic rings. The first-order chi connectivity index (χ1) is 19.0. The summed E-state index contributed by atoms with van der Waals surface area (Å²) in [5.74, 6) is 1.09. The second-order valence-electron chi connectivity index (χ2n) is 9.82. The van der Waals surface area contributed by atoms with E-state index in [0.29, 0.717) is 28.4 Å². The smallest absolute Gasteiger partial charge is 0.251 e. The minimum absolute atomic E-state index is 0.0951. The Bertz CT molecular complexity index is 1650. The number of nitrogens with one attached hydrogen (secondary N) is 1. The van der Waals surface area contributed by atoms with Crippen molar-refractivity contribution in [1.29, 1.82) is 0 Å². The van der Waals surface area contributed by atoms with Gasteiger partial charge in [0.15, 0.2) is 11.5 Å². The number of amides is 2. The van der Waals surface area contributed by atoms with Crippen molar-refractivity contribution >= 4 is 17.5 Å². The lowest BCUT2D eigenvalue weighted by molar-refractivity contribution is -0.122. The van der Waals surface area contributed by atoms with Crippen LogP contribution >= 0.6 is 0 Å². The second kappa shape index (κ2) is 8.87. The summed E-state index contributed by atoms with van der Waals surface area (Å²) < 4.78 is 30.6. The van der Waals surface area contributed by atoms with Crippen molar-refractivity contribution in [3.63, 3.8) is 0 Å². The van der Waals surface area contributed by atoms with Crippen LogP contribution in [0.1, 0.15) is 32.6 Å². The third-order valence-electron chi connectivity index (χ3n) is 7.52. The number of halogens is 1. The number of nitrogens with zero attached hydrogens (tertiary/aromatic N) is 1. The van der Waals surface area contributed by atoms with E-state index >= 15 is 0 Å². The molecule has 1 N–H and O–H groups in total. The zero-order chi connectivity index (χ0) is 26.6. The van der Waals surface area contributed by atoms with Crippen molar-refractivity contribution in [3.05, 3.63) is 119 Å². The Morgan fingerprint density at radius 3 is 2.51 bits per heavy atom. The fourth-order valence-electron chi connectivity index (χ4n) is 5.65. The van der Waals surface area contributed by atoms with E-state index in [2.05, 4.69) is 5.32 Å². The van der Waals surface area contributed by atoms with Gasteiger partial charge in [0.2, 0.25) is 12.7 Å². The predicted molar refractivity (Wildman–Crippen MR) is 140 cm³/mol. The minimum atomic E-state index is -0.993. The summed E-state index contributed by atoms with van der Waals surface area (Å²) in [4.78, 5) is 28.8. The summed E-state index contributed by atoms with van der Waals surface area (Å²) in [6, 6.07) is 24.7. The summed E-state index contributed by atoms with van der Waals surface area (Å²) in [6.07, 6.45) is 0. The van der Waals surface area contributed by atoms with E-state index in [9.17, 15) is 14.0 Å². The number of rotatable bonds is 5. The van der Waals surface area contributed by atoms with E-state index in [-0.39, 0.29) is 44.1 Å². The van der Waals surface area contributed by atoms with Gasteiger partial charge in [-0.15, -0.1) is 0 Å². The Balaban J connectivity index is 1.17. The van der Waals surface area contributed by atoms with Gasteiger partial charge >= 0.3 is 0 Å². The van der Waals surface area contributed by atoms with E-state index in [1.807, 2.05) is 36.4 Å². The van der Waals surface area contributed by atoms with Crippen molar-refractivity contribution in [2.75, 3.05) is 18.3 Å². The van der Waals surface area contributed by atoms with Gasteiger partial charge in [-0.2, -0.15) is 0 Å². The van der Waals surface area contributed by atoms with E-state index in [1.165, 1.54) is 12.1 Å². The molecule has 7 rings (SSSR count). The maximum atomic E-state index is 14.2. The number of fused-ring (bicyclic) bond motifs is 5. The molecule has 0 bridgehead atoms. The van der Waals surface area contributed by atoms with Crippen molar-refractivity contribution in [3.8, 4) is 17.2 Å². The molecule has 3 heterocycles. The molecule has 194 valence electrons. The zero-order valence-corrected chi connectivity index (χ0v) is 20.8. The molecule has 1 unspecified atom stereocenters. The van der Waals surface area contributed by atoms with Gasteiger partial charge in [0.25, 0.3) is 5.91 Å². The number of anilines is 1. The molecule has 3 aliphatic heterocycles. The molecule has 1 atom stereocenters. The molecular formula is C31H23FN2O5. The van der Waals surface area contributed by atoms with Crippen LogP contribution in [0.4, 0.5) is 10.1 Å². The van der Waals surface area contributed by atoms with Crippen LogP contribution in [-0.2, 0) is 23.3 Å². The lowest BCUT2D eigenvalue weighted by Gasteiger charge is -2.23. The first-order valence-electron chi connectivity index (χ1n) is 12.6. The number of carbonyl (C=O) groups is 2. The van der Waals surface area contributed by atoms with Gasteiger partial charge in [-0.05, 0) is 53.1 Å². The van der Waals surface area contributed by atoms with Crippen LogP contribution in [0, 0.1) is 5.82 Å². The summed E-state index contributed by atoms with van der Waals surface area (Å²) >= 11 is 0. The quantitative estimate of drug-likeness (QED) is 0.411. The predicted octanol–water partition coefficient (Wildman–Crippen LogP) is 4.71. The summed E-state index contributed by atoms with van der Waals surface area (Å²) in [5.41, 5.74) is 3.38. The SMILES string of the molecule is O=C(NCc1cccc(F)c1)c1cccc(CN2C(=O)C3(COc4cc5c(cc43)OCO5)c3ccccc32)c1. The highest BCUT2D eigenvalue weighted by Crippen LogP contribution is 2.55. The Morgan fingerprint density at radius 2 is 1.64 bits per heavy atom. The lowest BCUT2D eigenvalue weighted by Crippen LogP contribution is -2.42. The van der Waals surface area contributed by atoms with Crippen LogP contribution in [-0.4, -0.2) is 25.2 Å². The minimum Gasteiger partial charge on any atom is -0.491 e. The average Bonchev–Trinajstić information content (AvgIpc) is 3.63. The largest absolute Gasteiger partial charge is 0.491 e. The molecule has 1 spiro atoms. The van der Waals surface area contributed by atoms with Crippen molar-refractivity contribution in [1.82, 2.24) is 5.32 Å². The van der Waals surface area contributed by atoms with Crippen molar-refractivity contribution < 1.29 is 28.2 Å². The molecule has 0 fully saturated rings. The Labute approximate surface area is 223 Å². The molecule has 4 aromatic carbocycles. The van der Waals surface area contributed by atoms with Crippen molar-refractivity contribution in [2.24, 2.45) is 0 Å². The number of hydrogen-bond donors (Lipinski definition) is 1. The first-order valence-corrected chi connectivity index (χ1v) is 12.6. The van der Waals surface area contributed by atoms with Crippen LogP contribution in [0.25, 0.3) is 0 Å². The van der Waals surface area contributed by atoms with Gasteiger partial charge in [-0.1, -0.05) is 42.5 Å². The molecule has 0 aromatic heterocycles. The highest BCUT2D eigenvalue weighted by molar-refractivity contribution is 6.11. The third-order valence-corrected chi connectivity index (χ3v) is 7.52. The molecule has 0 saturated heterocycles. The topological polar surface area (TPSA) is 77.1 Å². The maximum absolute atomic E-state index is 14.2. The van der Waals surface area contributed by atoms with Crippen LogP contribution in [0.15, 0.2) is 84.9 Å². The molecular weight excluding hydrogens is 499 g/mol. The molecule has 39 heavy (non-hydrogen) atoms. The Hall–Kier alpha value is -4.85. The van der Waals surface area contributed by atoms with Crippen LogP contribution < -0.4 is 24.4 Å². The molecule has 4 aromatic rings. The number of para-hydroxylation sites is 1. The molecule has 0 aliphatic carbocycles. The van der Waals surface area contributed by atoms with E-state index in [4.69, 9.17) is 14.2 Å². The van der Waals surface area contributed by atoms with E-state index < -0.39 is 5.41 Å². The van der Waals surface area contributed by atoms with Crippen LogP contribution in [0.2, 0.25) is 0 Å². The highest BCUT2D eigenvalue weighted by atomic mass is 19.1. The fraction of sp³-hybridized carbons (Fsp3) is 0.161. The summed E-state index contributed by atoms with van der Waals surface area (Å²) in [7, 11) is 0. The number of hydrogen-bond acceptors (Lipinski definition) is 5. The van der Waals surface area contributed by atoms with Gasteiger partial charge in [0.1, 0.15) is 23.6 Å². The zero-order valence-electron chi connectivity index (χ0n) is 20.8. The highest BCUT2D eigenvalue weighted by Gasteiger charge is 2.57. The molecule has 7 nitrogen and oxygen atoms in total. The molecule has 0 radical (unpaired) electrons. The van der Waals surface area contributed by atoms with Gasteiger partial charge in [-0.25, -0.2) is 4.39 Å². The van der Waals surface area contributed by atoms with Crippen molar-refractivity contribution in [2.45, 2.75) is 18.5 Å². The van der Waals surface area contributed by atoms with Crippen LogP contribution in [0.5, 0.6) is 17.2 Å². The normalized spacial score (nSPS) is 18.2. The van der Waals surface area contributed by atoms with Gasteiger partial charge < -0.3 is 24.4 Å². The standard InChI is InChI=1S/C31H23FN2O5/c32-22-8-4-5-19(12-22)15-33-29(35)21-7-3-6-20(11-21)16-34-25-10-2-1-9-23(25)31(30(34)36)17-37-26-14-28-27(13-24(26)31)38-18-39-28/h1-14H,15-18H2,(H,33,35). The second-order valence-corrected chi connectivity index (χ2v) is 9.82.